The van der Waals surface area contributed by atoms with Gasteiger partial charge in [-0.05, 0) is 36.2 Å². The first-order valence-electron chi connectivity index (χ1n) is 7.93. The molecule has 0 fully saturated rings. The van der Waals surface area contributed by atoms with Crippen molar-refractivity contribution in [1.82, 2.24) is 10.3 Å². The van der Waals surface area contributed by atoms with Crippen LogP contribution >= 0.6 is 11.6 Å². The van der Waals surface area contributed by atoms with Crippen LogP contribution in [0.5, 0.6) is 0 Å². The van der Waals surface area contributed by atoms with Crippen LogP contribution in [0.1, 0.15) is 28.3 Å². The highest BCUT2D eigenvalue weighted by molar-refractivity contribution is 6.30. The van der Waals surface area contributed by atoms with Crippen LogP contribution in [0.3, 0.4) is 0 Å². The number of amides is 1. The van der Waals surface area contributed by atoms with Gasteiger partial charge < -0.3 is 19.9 Å². The lowest BCUT2D eigenvalue weighted by molar-refractivity contribution is -0.139. The van der Waals surface area contributed by atoms with Gasteiger partial charge in [0, 0.05) is 24.0 Å². The van der Waals surface area contributed by atoms with E-state index >= 15 is 0 Å². The third kappa shape index (κ3) is 6.59. The van der Waals surface area contributed by atoms with Crippen LogP contribution in [0.15, 0.2) is 48.8 Å². The van der Waals surface area contributed by atoms with Crippen LogP contribution in [-0.4, -0.2) is 41.5 Å². The topological polar surface area (TPSA) is 115 Å². The van der Waals surface area contributed by atoms with Crippen LogP contribution in [0.2, 0.25) is 5.02 Å². The highest BCUT2D eigenvalue weighted by Gasteiger charge is 2.20. The average Bonchev–Trinajstić information content (AvgIpc) is 2.66. The molecule has 1 atom stereocenters. The number of pyridine rings is 1. The zero-order chi connectivity index (χ0) is 19.6. The van der Waals surface area contributed by atoms with E-state index in [1.54, 1.807) is 30.3 Å². The maximum atomic E-state index is 11.6. The Kier molecular flexibility index (Phi) is 7.57. The molecule has 8 nitrogen and oxygen atoms in total. The molecule has 0 saturated heterocycles. The summed E-state index contributed by atoms with van der Waals surface area (Å²) in [5.41, 5.74) is 0.807. The van der Waals surface area contributed by atoms with Crippen molar-refractivity contribution < 1.29 is 29.0 Å². The molecule has 1 aromatic carbocycles. The summed E-state index contributed by atoms with van der Waals surface area (Å²) >= 11 is 5.79. The zero-order valence-corrected chi connectivity index (χ0v) is 14.9. The smallest absolute Gasteiger partial charge is 0.410 e. The molecular weight excluding hydrogens is 376 g/mol. The molecule has 1 amide bonds. The van der Waals surface area contributed by atoms with Gasteiger partial charge in [0.25, 0.3) is 0 Å². The van der Waals surface area contributed by atoms with E-state index in [1.165, 1.54) is 18.5 Å². The van der Waals surface area contributed by atoms with Crippen LogP contribution in [0, 0.1) is 0 Å². The fourth-order valence-corrected chi connectivity index (χ4v) is 2.33. The molecule has 2 rings (SSSR count). The van der Waals surface area contributed by atoms with Gasteiger partial charge in [0.2, 0.25) is 6.79 Å². The molecule has 0 spiro atoms. The Morgan fingerprint density at radius 2 is 1.89 bits per heavy atom. The molecule has 9 heteroatoms. The van der Waals surface area contributed by atoms with Gasteiger partial charge in [-0.2, -0.15) is 0 Å². The lowest BCUT2D eigenvalue weighted by Gasteiger charge is -2.13. The van der Waals surface area contributed by atoms with Crippen molar-refractivity contribution in [3.8, 4) is 0 Å². The van der Waals surface area contributed by atoms with E-state index in [2.05, 4.69) is 10.3 Å². The van der Waals surface area contributed by atoms with E-state index < -0.39 is 30.7 Å². The lowest BCUT2D eigenvalue weighted by Crippen LogP contribution is -2.28. The summed E-state index contributed by atoms with van der Waals surface area (Å²) in [6, 6.07) is 9.53. The number of esters is 1. The fraction of sp³-hybridized carbons (Fsp3) is 0.222. The summed E-state index contributed by atoms with van der Waals surface area (Å²) in [6.45, 7) is -0.506. The summed E-state index contributed by atoms with van der Waals surface area (Å²) in [7, 11) is 0. The molecule has 1 unspecified atom stereocenters. The maximum absolute atomic E-state index is 11.6. The minimum Gasteiger partial charge on any atom is -0.481 e. The molecule has 2 N–H and O–H groups in total. The van der Waals surface area contributed by atoms with Gasteiger partial charge >= 0.3 is 18.0 Å². The third-order valence-corrected chi connectivity index (χ3v) is 3.80. The number of nitrogens with zero attached hydrogens (tertiary/aromatic N) is 1. The van der Waals surface area contributed by atoms with Gasteiger partial charge in [-0.25, -0.2) is 9.59 Å². The Morgan fingerprint density at radius 3 is 2.52 bits per heavy atom. The number of hydrogen-bond acceptors (Lipinski definition) is 6. The van der Waals surface area contributed by atoms with Crippen molar-refractivity contribution in [3.63, 3.8) is 0 Å². The van der Waals surface area contributed by atoms with Crippen molar-refractivity contribution in [1.29, 1.82) is 0 Å². The van der Waals surface area contributed by atoms with Crippen LogP contribution in [0.25, 0.3) is 0 Å². The number of halogens is 1. The van der Waals surface area contributed by atoms with E-state index in [-0.39, 0.29) is 18.5 Å². The first-order valence-corrected chi connectivity index (χ1v) is 8.31. The normalized spacial score (nSPS) is 11.3. The van der Waals surface area contributed by atoms with Crippen molar-refractivity contribution >= 4 is 29.6 Å². The van der Waals surface area contributed by atoms with E-state index in [4.69, 9.17) is 21.1 Å². The van der Waals surface area contributed by atoms with E-state index in [9.17, 15) is 19.5 Å². The molecule has 1 aromatic heterocycles. The Hall–Kier alpha value is -3.13. The number of alkyl carbamates (subject to hydrolysis) is 1. The lowest BCUT2D eigenvalue weighted by atomic mass is 9.96. The molecule has 0 bridgehead atoms. The monoisotopic (exact) mass is 392 g/mol. The van der Waals surface area contributed by atoms with E-state index in [1.807, 2.05) is 0 Å². The summed E-state index contributed by atoms with van der Waals surface area (Å²) in [5, 5.41) is 12.2. The summed E-state index contributed by atoms with van der Waals surface area (Å²) < 4.78 is 9.50. The number of aliphatic carboxylic acids is 1. The zero-order valence-electron chi connectivity index (χ0n) is 14.1. The Morgan fingerprint density at radius 1 is 1.15 bits per heavy atom. The third-order valence-electron chi connectivity index (χ3n) is 3.55. The van der Waals surface area contributed by atoms with Crippen molar-refractivity contribution in [2.45, 2.75) is 12.3 Å². The number of nitrogens with one attached hydrogen (secondary N) is 1. The molecule has 27 heavy (non-hydrogen) atoms. The first kappa shape index (κ1) is 20.2. The predicted molar refractivity (Wildman–Crippen MR) is 95.4 cm³/mol. The van der Waals surface area contributed by atoms with Gasteiger partial charge in [-0.3, -0.25) is 9.78 Å². The van der Waals surface area contributed by atoms with Gasteiger partial charge in [0.15, 0.2) is 0 Å². The minimum atomic E-state index is -1.02. The van der Waals surface area contributed by atoms with Crippen molar-refractivity contribution in [2.75, 3.05) is 13.3 Å². The van der Waals surface area contributed by atoms with Crippen molar-refractivity contribution in [2.24, 2.45) is 0 Å². The summed E-state index contributed by atoms with van der Waals surface area (Å²) in [4.78, 5) is 38.4. The molecule has 0 radical (unpaired) electrons. The number of carbonyl (C=O) groups excluding carboxylic acids is 2. The minimum absolute atomic E-state index is 0.0645. The second kappa shape index (κ2) is 10.1. The van der Waals surface area contributed by atoms with Gasteiger partial charge in [0.05, 0.1) is 11.5 Å². The Balaban J connectivity index is 1.72. The standard InChI is InChI=1S/C18H17ClN2O6/c19-14-5-3-12(4-6-14)15(16(22)23)7-9-21-18(25)27-11-26-17(24)13-2-1-8-20-10-13/h1-6,8,10,15H,7,9,11H2,(H,21,25)(H,22,23). The van der Waals surface area contributed by atoms with Gasteiger partial charge in [-0.15, -0.1) is 0 Å². The number of rotatable bonds is 8. The Bertz CT molecular complexity index is 782. The predicted octanol–water partition coefficient (Wildman–Crippen LogP) is 2.83. The number of carboxylic acids is 1. The van der Waals surface area contributed by atoms with Crippen LogP contribution in [0.4, 0.5) is 4.79 Å². The molecule has 2 aromatic rings. The molecule has 0 aliphatic carbocycles. The second-order valence-corrected chi connectivity index (χ2v) is 5.82. The molecule has 142 valence electrons. The number of carbonyl (C=O) groups is 3. The van der Waals surface area contributed by atoms with Crippen LogP contribution < -0.4 is 5.32 Å². The molecule has 1 heterocycles. The van der Waals surface area contributed by atoms with Crippen molar-refractivity contribution in [3.05, 3.63) is 64.9 Å². The number of benzene rings is 1. The molecule has 0 aliphatic heterocycles. The Labute approximate surface area is 160 Å². The summed E-state index contributed by atoms with van der Waals surface area (Å²) in [5.74, 6) is -2.49. The SMILES string of the molecule is O=C(NCCC(C(=O)O)c1ccc(Cl)cc1)OCOC(=O)c1cccnc1. The number of aromatic nitrogens is 1. The number of hydrogen-bond donors (Lipinski definition) is 2. The van der Waals surface area contributed by atoms with E-state index in [0.717, 1.165) is 0 Å². The number of carboxylic acid groups (broad SMARTS) is 1. The highest BCUT2D eigenvalue weighted by Crippen LogP contribution is 2.21. The van der Waals surface area contributed by atoms with E-state index in [0.29, 0.717) is 10.6 Å². The average molecular weight is 393 g/mol. The van der Waals surface area contributed by atoms with Gasteiger partial charge in [-0.1, -0.05) is 23.7 Å². The number of ether oxygens (including phenoxy) is 2. The maximum Gasteiger partial charge on any atom is 0.410 e. The van der Waals surface area contributed by atoms with Crippen LogP contribution in [-0.2, 0) is 14.3 Å². The summed E-state index contributed by atoms with van der Waals surface area (Å²) in [6.07, 6.45) is 2.16. The largest absolute Gasteiger partial charge is 0.481 e. The molecule has 0 aliphatic rings. The van der Waals surface area contributed by atoms with Gasteiger partial charge in [0.1, 0.15) is 0 Å². The molecule has 0 saturated carbocycles. The highest BCUT2D eigenvalue weighted by atomic mass is 35.5. The quantitative estimate of drug-likeness (QED) is 0.524. The first-order chi connectivity index (χ1) is 13.0. The fourth-order valence-electron chi connectivity index (χ4n) is 2.20. The second-order valence-electron chi connectivity index (χ2n) is 5.38. The molecular formula is C18H17ClN2O6.